The molecule has 11 nitrogen and oxygen atoms in total. The van der Waals surface area contributed by atoms with E-state index in [0.717, 1.165) is 5.56 Å². The summed E-state index contributed by atoms with van der Waals surface area (Å²) in [7, 11) is 1.74. The van der Waals surface area contributed by atoms with Gasteiger partial charge in [0.15, 0.2) is 5.89 Å². The maximum absolute atomic E-state index is 12.9. The van der Waals surface area contributed by atoms with Crippen molar-refractivity contribution in [1.29, 1.82) is 0 Å². The average molecular weight is 504 g/mol. The number of fused-ring (bicyclic) bond motifs is 1. The highest BCUT2D eigenvalue weighted by atomic mass is 16.4. The molecule has 2 heterocycles. The topological polar surface area (TPSA) is 148 Å². The van der Waals surface area contributed by atoms with Crippen molar-refractivity contribution in [1.82, 2.24) is 24.8 Å². The van der Waals surface area contributed by atoms with Crippen molar-refractivity contribution in [3.63, 3.8) is 0 Å². The van der Waals surface area contributed by atoms with Crippen LogP contribution in [0.4, 0.5) is 10.7 Å². The first kappa shape index (κ1) is 25.4. The third kappa shape index (κ3) is 5.95. The highest BCUT2D eigenvalue weighted by molar-refractivity contribution is 6.03. The molecule has 0 radical (unpaired) electrons. The number of anilines is 1. The van der Waals surface area contributed by atoms with Gasteiger partial charge >= 0.3 is 6.03 Å². The van der Waals surface area contributed by atoms with Crippen LogP contribution in [0.15, 0.2) is 52.9 Å². The van der Waals surface area contributed by atoms with Gasteiger partial charge in [-0.3, -0.25) is 14.9 Å². The number of imidazole rings is 1. The first-order chi connectivity index (χ1) is 17.7. The van der Waals surface area contributed by atoms with Crippen molar-refractivity contribution in [2.45, 2.75) is 33.4 Å². The van der Waals surface area contributed by atoms with E-state index in [1.54, 1.807) is 44.0 Å². The lowest BCUT2D eigenvalue weighted by Crippen LogP contribution is -2.37. The maximum atomic E-state index is 12.9. The lowest BCUT2D eigenvalue weighted by atomic mass is 10.2. The van der Waals surface area contributed by atoms with Gasteiger partial charge in [0.25, 0.3) is 5.91 Å². The number of hydrogen-bond donors (Lipinski definition) is 3. The van der Waals surface area contributed by atoms with Crippen LogP contribution in [0.1, 0.15) is 44.5 Å². The molecule has 0 atom stereocenters. The van der Waals surface area contributed by atoms with Gasteiger partial charge in [-0.1, -0.05) is 30.3 Å². The molecule has 0 saturated heterocycles. The van der Waals surface area contributed by atoms with Crippen molar-refractivity contribution in [3.05, 3.63) is 77.0 Å². The average Bonchev–Trinajstić information content (AvgIpc) is 3.39. The summed E-state index contributed by atoms with van der Waals surface area (Å²) in [4.78, 5) is 47.3. The Morgan fingerprint density at radius 1 is 1.08 bits per heavy atom. The van der Waals surface area contributed by atoms with Crippen molar-refractivity contribution in [3.8, 4) is 0 Å². The molecule has 0 aliphatic rings. The van der Waals surface area contributed by atoms with Gasteiger partial charge in [0.1, 0.15) is 0 Å². The van der Waals surface area contributed by atoms with Gasteiger partial charge in [-0.2, -0.15) is 0 Å². The third-order valence-corrected chi connectivity index (χ3v) is 5.81. The zero-order valence-corrected chi connectivity index (χ0v) is 20.9. The van der Waals surface area contributed by atoms with Crippen LogP contribution in [-0.4, -0.2) is 50.9 Å². The summed E-state index contributed by atoms with van der Waals surface area (Å²) < 4.78 is 7.25. The van der Waals surface area contributed by atoms with Crippen LogP contribution < -0.4 is 16.4 Å². The maximum Gasteiger partial charge on any atom is 0.317 e. The standard InChI is InChI=1S/C26H29N7O4/c1-16-22(37-17(2)29-16)24(35)31-25-30-20-14-19(23(27)34)10-11-21(20)33(25)13-7-12-28-26(36)32(3)15-18-8-5-4-6-9-18/h4-6,8-11,14H,7,12-13,15H2,1-3H3,(H2,27,34)(H,28,36)(H,30,31,35). The minimum Gasteiger partial charge on any atom is -0.436 e. The lowest BCUT2D eigenvalue weighted by molar-refractivity contribution is 0.0988. The molecule has 11 heteroatoms. The van der Waals surface area contributed by atoms with Crippen molar-refractivity contribution < 1.29 is 18.8 Å². The number of primary amides is 1. The minimum absolute atomic E-state index is 0.0997. The zero-order chi connectivity index (χ0) is 26.5. The molecule has 2 aromatic heterocycles. The number of rotatable bonds is 9. The van der Waals surface area contributed by atoms with Gasteiger partial charge in [0, 0.05) is 39.2 Å². The number of nitrogens with one attached hydrogen (secondary N) is 2. The summed E-state index contributed by atoms with van der Waals surface area (Å²) in [5.41, 5.74) is 8.45. The number of oxazole rings is 1. The van der Waals surface area contributed by atoms with E-state index in [2.05, 4.69) is 20.6 Å². The Balaban J connectivity index is 1.46. The number of nitrogens with zero attached hydrogens (tertiary/aromatic N) is 4. The van der Waals surface area contributed by atoms with Gasteiger partial charge in [-0.15, -0.1) is 0 Å². The lowest BCUT2D eigenvalue weighted by Gasteiger charge is -2.18. The van der Waals surface area contributed by atoms with Crippen molar-refractivity contribution in [2.75, 3.05) is 18.9 Å². The molecular weight excluding hydrogens is 474 g/mol. The number of carbonyl (C=O) groups excluding carboxylic acids is 3. The fraction of sp³-hybridized carbons (Fsp3) is 0.269. The fourth-order valence-electron chi connectivity index (χ4n) is 4.00. The van der Waals surface area contributed by atoms with Crippen LogP contribution in [-0.2, 0) is 13.1 Å². The number of nitrogens with two attached hydrogens (primary N) is 1. The Labute approximate surface area is 213 Å². The van der Waals surface area contributed by atoms with E-state index in [4.69, 9.17) is 10.2 Å². The van der Waals surface area contributed by atoms with Gasteiger partial charge in [0.05, 0.1) is 16.7 Å². The minimum atomic E-state index is -0.572. The van der Waals surface area contributed by atoms with E-state index in [-0.39, 0.29) is 17.7 Å². The quantitative estimate of drug-likeness (QED) is 0.299. The van der Waals surface area contributed by atoms with E-state index >= 15 is 0 Å². The normalized spacial score (nSPS) is 10.9. The summed E-state index contributed by atoms with van der Waals surface area (Å²) in [6.45, 7) is 4.70. The number of carbonyl (C=O) groups is 3. The fourth-order valence-corrected chi connectivity index (χ4v) is 4.00. The molecule has 0 spiro atoms. The molecule has 0 aliphatic carbocycles. The smallest absolute Gasteiger partial charge is 0.317 e. The van der Waals surface area contributed by atoms with Crippen LogP contribution in [0.3, 0.4) is 0 Å². The molecule has 0 aliphatic heterocycles. The Morgan fingerprint density at radius 2 is 1.84 bits per heavy atom. The molecule has 4 amide bonds. The van der Waals surface area contributed by atoms with Crippen LogP contribution >= 0.6 is 0 Å². The summed E-state index contributed by atoms with van der Waals surface area (Å²) in [5.74, 6) is -0.293. The predicted octanol–water partition coefficient (Wildman–Crippen LogP) is 3.22. The van der Waals surface area contributed by atoms with Gasteiger partial charge < -0.3 is 24.9 Å². The highest BCUT2D eigenvalue weighted by Gasteiger charge is 2.20. The second kappa shape index (κ2) is 10.9. The van der Waals surface area contributed by atoms with E-state index in [0.29, 0.717) is 54.2 Å². The molecule has 192 valence electrons. The monoisotopic (exact) mass is 503 g/mol. The highest BCUT2D eigenvalue weighted by Crippen LogP contribution is 2.23. The van der Waals surface area contributed by atoms with Crippen LogP contribution in [0.5, 0.6) is 0 Å². The van der Waals surface area contributed by atoms with Crippen molar-refractivity contribution >= 4 is 34.8 Å². The number of hydrogen-bond acceptors (Lipinski definition) is 6. The Morgan fingerprint density at radius 3 is 2.51 bits per heavy atom. The number of aromatic nitrogens is 3. The number of aryl methyl sites for hydroxylation is 3. The molecule has 0 saturated carbocycles. The molecule has 2 aromatic carbocycles. The first-order valence-corrected chi connectivity index (χ1v) is 11.8. The number of amides is 4. The molecule has 4 aromatic rings. The Hall–Kier alpha value is -4.67. The van der Waals surface area contributed by atoms with Crippen molar-refractivity contribution in [2.24, 2.45) is 5.73 Å². The van der Waals surface area contributed by atoms with E-state index < -0.39 is 11.8 Å². The Bertz CT molecular complexity index is 1440. The second-order valence-electron chi connectivity index (χ2n) is 8.68. The molecule has 0 unspecified atom stereocenters. The van der Waals surface area contributed by atoms with Crippen LogP contribution in [0.25, 0.3) is 11.0 Å². The molecular formula is C26H29N7O4. The van der Waals surface area contributed by atoms with Gasteiger partial charge in [-0.05, 0) is 37.1 Å². The Kier molecular flexibility index (Phi) is 7.52. The van der Waals surface area contributed by atoms with Crippen LogP contribution in [0.2, 0.25) is 0 Å². The van der Waals surface area contributed by atoms with Crippen LogP contribution in [0, 0.1) is 13.8 Å². The SMILES string of the molecule is Cc1nc(C)c(C(=O)Nc2nc3cc(C(N)=O)ccc3n2CCCNC(=O)N(C)Cc2ccccc2)o1. The molecule has 37 heavy (non-hydrogen) atoms. The molecule has 0 fully saturated rings. The molecule has 4 rings (SSSR count). The summed E-state index contributed by atoms with van der Waals surface area (Å²) >= 11 is 0. The third-order valence-electron chi connectivity index (χ3n) is 5.81. The number of urea groups is 1. The molecule has 4 N–H and O–H groups in total. The molecule has 0 bridgehead atoms. The predicted molar refractivity (Wildman–Crippen MR) is 138 cm³/mol. The van der Waals surface area contributed by atoms with Gasteiger partial charge in [-0.25, -0.2) is 14.8 Å². The zero-order valence-electron chi connectivity index (χ0n) is 20.9. The summed E-state index contributed by atoms with van der Waals surface area (Å²) in [6, 6.07) is 14.5. The van der Waals surface area contributed by atoms with Gasteiger partial charge in [0.2, 0.25) is 17.6 Å². The summed E-state index contributed by atoms with van der Waals surface area (Å²) in [6.07, 6.45) is 0.567. The van der Waals surface area contributed by atoms with E-state index in [1.165, 1.54) is 0 Å². The van der Waals surface area contributed by atoms with E-state index in [9.17, 15) is 14.4 Å². The van der Waals surface area contributed by atoms with E-state index in [1.807, 2.05) is 34.9 Å². The largest absolute Gasteiger partial charge is 0.436 e. The number of benzene rings is 2. The second-order valence-corrected chi connectivity index (χ2v) is 8.68. The summed E-state index contributed by atoms with van der Waals surface area (Å²) in [5, 5.41) is 5.70. The first-order valence-electron chi connectivity index (χ1n) is 11.8.